The van der Waals surface area contributed by atoms with E-state index in [9.17, 15) is 0 Å². The Hall–Kier alpha value is 0.127. The summed E-state index contributed by atoms with van der Waals surface area (Å²) in [5, 5.41) is 0. The van der Waals surface area contributed by atoms with Crippen molar-refractivity contribution >= 4 is 28.8 Å². The van der Waals surface area contributed by atoms with Gasteiger partial charge in [0, 0.05) is 6.61 Å². The van der Waals surface area contributed by atoms with E-state index in [-0.39, 0.29) is 7.02 Å². The van der Waals surface area contributed by atoms with Crippen LogP contribution < -0.4 is 0 Å². The first-order chi connectivity index (χ1) is 12.3. The highest BCUT2D eigenvalue weighted by Crippen LogP contribution is 2.34. The quantitative estimate of drug-likeness (QED) is 0.145. The zero-order valence-electron chi connectivity index (χ0n) is 16.1. The topological polar surface area (TPSA) is 9.23 Å². The van der Waals surface area contributed by atoms with Crippen molar-refractivity contribution in [1.82, 2.24) is 0 Å². The summed E-state index contributed by atoms with van der Waals surface area (Å²) < 4.78 is 6.08. The standard InChI is InChI=1S/C22H37IOSi/c1-2-3-4-5-6-8-19-9-11-20(12-10-19)21-13-15-22(16-14-21)24-17-7-18-25-23/h9-12,21-22H,2-8,13-18,25H2,1H3. The molecule has 3 heteroatoms. The fraction of sp³-hybridized carbons (Fsp3) is 0.727. The summed E-state index contributed by atoms with van der Waals surface area (Å²) in [5.41, 5.74) is 3.08. The number of unbranched alkanes of at least 4 members (excludes halogenated alkanes) is 4. The molecule has 1 saturated carbocycles. The SMILES string of the molecule is CCCCCCCc1ccc(C2CCC(OCCC[SiH2]I)CC2)cc1. The maximum atomic E-state index is 6.08. The fourth-order valence-electron chi connectivity index (χ4n) is 3.90. The van der Waals surface area contributed by atoms with E-state index in [1.165, 1.54) is 82.2 Å². The number of hydrogen-bond acceptors (Lipinski definition) is 1. The molecule has 1 aromatic carbocycles. The lowest BCUT2D eigenvalue weighted by molar-refractivity contribution is 0.0252. The third-order valence-electron chi connectivity index (χ3n) is 5.58. The van der Waals surface area contributed by atoms with E-state index in [1.807, 2.05) is 0 Å². The van der Waals surface area contributed by atoms with Gasteiger partial charge in [0.1, 0.15) is 0 Å². The zero-order valence-corrected chi connectivity index (χ0v) is 19.7. The molecule has 0 atom stereocenters. The highest BCUT2D eigenvalue weighted by Gasteiger charge is 2.22. The number of hydrogen-bond donors (Lipinski definition) is 0. The minimum atomic E-state index is 0.198. The van der Waals surface area contributed by atoms with Gasteiger partial charge in [-0.05, 0) is 62.0 Å². The first-order valence-electron chi connectivity index (χ1n) is 10.6. The second kappa shape index (κ2) is 13.3. The maximum absolute atomic E-state index is 6.08. The van der Waals surface area contributed by atoms with Crippen molar-refractivity contribution in [3.63, 3.8) is 0 Å². The Bertz CT molecular complexity index is 440. The molecular formula is C22H37IOSi. The molecule has 25 heavy (non-hydrogen) atoms. The van der Waals surface area contributed by atoms with Crippen molar-refractivity contribution in [3.8, 4) is 0 Å². The second-order valence-corrected chi connectivity index (χ2v) is 12.0. The van der Waals surface area contributed by atoms with Crippen LogP contribution in [0.1, 0.15) is 88.2 Å². The third-order valence-corrected chi connectivity index (χ3v) is 8.63. The van der Waals surface area contributed by atoms with Crippen LogP contribution >= 0.6 is 21.8 Å². The van der Waals surface area contributed by atoms with E-state index in [0.717, 1.165) is 12.5 Å². The molecule has 0 amide bonds. The third kappa shape index (κ3) is 8.57. The molecule has 1 fully saturated rings. The van der Waals surface area contributed by atoms with E-state index >= 15 is 0 Å². The van der Waals surface area contributed by atoms with Crippen LogP contribution in [0, 0.1) is 0 Å². The molecule has 0 radical (unpaired) electrons. The molecule has 1 aromatic rings. The van der Waals surface area contributed by atoms with Gasteiger partial charge in [0.15, 0.2) is 0 Å². The monoisotopic (exact) mass is 472 g/mol. The van der Waals surface area contributed by atoms with Crippen LogP contribution in [0.4, 0.5) is 0 Å². The Labute approximate surface area is 170 Å². The Morgan fingerprint density at radius 2 is 1.68 bits per heavy atom. The zero-order chi connectivity index (χ0) is 17.7. The lowest BCUT2D eigenvalue weighted by Crippen LogP contribution is -2.21. The number of halogens is 1. The number of rotatable bonds is 12. The van der Waals surface area contributed by atoms with Crippen molar-refractivity contribution in [2.45, 2.75) is 95.6 Å². The largest absolute Gasteiger partial charge is 0.378 e. The van der Waals surface area contributed by atoms with Gasteiger partial charge in [-0.1, -0.05) is 62.9 Å². The Morgan fingerprint density at radius 1 is 0.960 bits per heavy atom. The summed E-state index contributed by atoms with van der Waals surface area (Å²) in [6.45, 7) is 3.28. The predicted molar refractivity (Wildman–Crippen MR) is 122 cm³/mol. The number of ether oxygens (including phenoxy) is 1. The summed E-state index contributed by atoms with van der Waals surface area (Å²) in [4.78, 5) is 0. The van der Waals surface area contributed by atoms with Crippen LogP contribution in [0.2, 0.25) is 6.04 Å². The lowest BCUT2D eigenvalue weighted by Gasteiger charge is -2.29. The molecule has 0 N–H and O–H groups in total. The summed E-state index contributed by atoms with van der Waals surface area (Å²) in [6.07, 6.45) is 15.1. The van der Waals surface area contributed by atoms with Crippen molar-refractivity contribution in [3.05, 3.63) is 35.4 Å². The molecule has 0 heterocycles. The second-order valence-electron chi connectivity index (χ2n) is 7.65. The van der Waals surface area contributed by atoms with Crippen molar-refractivity contribution in [2.24, 2.45) is 0 Å². The highest BCUT2D eigenvalue weighted by atomic mass is 127. The van der Waals surface area contributed by atoms with E-state index in [4.69, 9.17) is 4.74 Å². The Morgan fingerprint density at radius 3 is 2.36 bits per heavy atom. The molecular weight excluding hydrogens is 435 g/mol. The number of aryl methyl sites for hydroxylation is 1. The summed E-state index contributed by atoms with van der Waals surface area (Å²) in [6, 6.07) is 11.0. The summed E-state index contributed by atoms with van der Waals surface area (Å²) in [7, 11) is 0.198. The molecule has 1 aliphatic rings. The van der Waals surface area contributed by atoms with Gasteiger partial charge in [0.25, 0.3) is 0 Å². The molecule has 142 valence electrons. The molecule has 0 aliphatic heterocycles. The Kier molecular flexibility index (Phi) is 11.4. The van der Waals surface area contributed by atoms with E-state index < -0.39 is 0 Å². The van der Waals surface area contributed by atoms with Gasteiger partial charge in [0.05, 0.1) is 13.1 Å². The van der Waals surface area contributed by atoms with Crippen LogP contribution in [0.25, 0.3) is 0 Å². The average Bonchev–Trinajstić information content (AvgIpc) is 2.66. The van der Waals surface area contributed by atoms with Crippen LogP contribution in [-0.4, -0.2) is 19.7 Å². The van der Waals surface area contributed by atoms with Crippen molar-refractivity contribution in [2.75, 3.05) is 6.61 Å². The van der Waals surface area contributed by atoms with Crippen molar-refractivity contribution in [1.29, 1.82) is 0 Å². The van der Waals surface area contributed by atoms with Crippen molar-refractivity contribution < 1.29 is 4.74 Å². The first kappa shape index (κ1) is 21.4. The molecule has 0 bridgehead atoms. The predicted octanol–water partition coefficient (Wildman–Crippen LogP) is 6.57. The van der Waals surface area contributed by atoms with Gasteiger partial charge in [-0.2, -0.15) is 0 Å². The average molecular weight is 473 g/mol. The molecule has 1 nitrogen and oxygen atoms in total. The van der Waals surface area contributed by atoms with Gasteiger partial charge >= 0.3 is 0 Å². The minimum Gasteiger partial charge on any atom is -0.378 e. The summed E-state index contributed by atoms with van der Waals surface area (Å²) in [5.74, 6) is 0.764. The van der Waals surface area contributed by atoms with Gasteiger partial charge < -0.3 is 4.74 Å². The molecule has 0 aromatic heterocycles. The first-order valence-corrected chi connectivity index (χ1v) is 16.7. The molecule has 0 spiro atoms. The van der Waals surface area contributed by atoms with E-state index in [1.54, 1.807) is 5.56 Å². The van der Waals surface area contributed by atoms with Crippen LogP contribution in [0.5, 0.6) is 0 Å². The van der Waals surface area contributed by atoms with Gasteiger partial charge in [0.2, 0.25) is 0 Å². The van der Waals surface area contributed by atoms with Gasteiger partial charge in [-0.3, -0.25) is 0 Å². The lowest BCUT2D eigenvalue weighted by atomic mass is 9.82. The molecule has 1 aliphatic carbocycles. The molecule has 2 rings (SSSR count). The maximum Gasteiger partial charge on any atom is 0.0938 e. The van der Waals surface area contributed by atoms with Crippen LogP contribution in [-0.2, 0) is 11.2 Å². The van der Waals surface area contributed by atoms with E-state index in [0.29, 0.717) is 6.10 Å². The smallest absolute Gasteiger partial charge is 0.0938 e. The summed E-state index contributed by atoms with van der Waals surface area (Å²) >= 11 is 2.59. The van der Waals surface area contributed by atoms with Gasteiger partial charge in [-0.15, -0.1) is 21.8 Å². The van der Waals surface area contributed by atoms with Crippen LogP contribution in [0.3, 0.4) is 0 Å². The molecule has 0 unspecified atom stereocenters. The Balaban J connectivity index is 1.65. The normalized spacial score (nSPS) is 21.2. The number of benzene rings is 1. The van der Waals surface area contributed by atoms with Gasteiger partial charge in [-0.25, -0.2) is 0 Å². The molecule has 0 saturated heterocycles. The van der Waals surface area contributed by atoms with E-state index in [2.05, 4.69) is 53.0 Å². The minimum absolute atomic E-state index is 0.198. The fourth-order valence-corrected chi connectivity index (χ4v) is 5.91. The highest BCUT2D eigenvalue weighted by molar-refractivity contribution is 14.1. The van der Waals surface area contributed by atoms with Crippen LogP contribution in [0.15, 0.2) is 24.3 Å².